The Morgan fingerprint density at radius 2 is 1.58 bits per heavy atom. The summed E-state index contributed by atoms with van der Waals surface area (Å²) in [6.45, 7) is 8.05. The smallest absolute Gasteiger partial charge is 0.341 e. The lowest BCUT2D eigenvalue weighted by atomic mass is 9.83. The van der Waals surface area contributed by atoms with Crippen molar-refractivity contribution < 1.29 is 23.9 Å². The highest BCUT2D eigenvalue weighted by Gasteiger charge is 2.31. The van der Waals surface area contributed by atoms with Crippen LogP contribution in [0.5, 0.6) is 0 Å². The highest BCUT2D eigenvalue weighted by Crippen LogP contribution is 2.43. The van der Waals surface area contributed by atoms with Gasteiger partial charge in [-0.25, -0.2) is 4.79 Å². The summed E-state index contributed by atoms with van der Waals surface area (Å²) in [6, 6.07) is 34.2. The zero-order valence-electron chi connectivity index (χ0n) is 31.4. The second-order valence-corrected chi connectivity index (χ2v) is 16.2. The van der Waals surface area contributed by atoms with Gasteiger partial charge in [-0.2, -0.15) is 0 Å². The van der Waals surface area contributed by atoms with Gasteiger partial charge in [0.05, 0.1) is 17.4 Å². The monoisotopic (exact) mass is 771 g/mol. The molecule has 0 saturated heterocycles. The molecule has 2 unspecified atom stereocenters. The van der Waals surface area contributed by atoms with Crippen molar-refractivity contribution in [3.63, 3.8) is 0 Å². The molecule has 5 aromatic rings. The molecule has 55 heavy (non-hydrogen) atoms. The zero-order valence-corrected chi connectivity index (χ0v) is 33.0. The highest BCUT2D eigenvalue weighted by molar-refractivity contribution is 8.00. The number of benzene rings is 4. The van der Waals surface area contributed by atoms with E-state index in [1.807, 2.05) is 54.6 Å². The van der Waals surface area contributed by atoms with Gasteiger partial charge in [0.25, 0.3) is 11.8 Å². The molecule has 0 saturated carbocycles. The van der Waals surface area contributed by atoms with E-state index < -0.39 is 23.0 Å². The standard InChI is InChI=1S/C45H45N3O5S2/c1-5-53-45(52)40-37-24-23-34(32-13-8-6-9-14-32)26-39(37)55-44(40)48-41(49)29(4)54-36-18-12-17-35(27-36)46-43(51)38(47-42(50)33-15-10-7-11-16-33)25-30-19-21-31(22-20-30)28(2)3/h6-22,25,27-29,34H,5,23-24,26H2,1-4H3,(H,46,51)(H,47,50)(H,48,49)/b38-25+. The van der Waals surface area contributed by atoms with E-state index in [1.54, 1.807) is 62.4 Å². The Bertz CT molecular complexity index is 2180. The third-order valence-electron chi connectivity index (χ3n) is 9.47. The fraction of sp³-hybridized carbons (Fsp3) is 0.244. The van der Waals surface area contributed by atoms with Crippen molar-refractivity contribution in [3.8, 4) is 0 Å². The number of carbonyl (C=O) groups excluding carboxylic acids is 4. The molecular formula is C45H45N3O5S2. The molecule has 10 heteroatoms. The van der Waals surface area contributed by atoms with E-state index in [4.69, 9.17) is 4.74 Å². The number of hydrogen-bond donors (Lipinski definition) is 3. The predicted molar refractivity (Wildman–Crippen MR) is 223 cm³/mol. The summed E-state index contributed by atoms with van der Waals surface area (Å²) < 4.78 is 5.44. The van der Waals surface area contributed by atoms with Crippen molar-refractivity contribution in [1.29, 1.82) is 0 Å². The lowest BCUT2D eigenvalue weighted by molar-refractivity contribution is -0.115. The van der Waals surface area contributed by atoms with Gasteiger partial charge in [0.1, 0.15) is 10.7 Å². The molecule has 1 aliphatic rings. The van der Waals surface area contributed by atoms with E-state index in [1.165, 1.54) is 34.2 Å². The number of ether oxygens (including phenoxy) is 1. The van der Waals surface area contributed by atoms with Crippen LogP contribution in [0.2, 0.25) is 0 Å². The van der Waals surface area contributed by atoms with Crippen molar-refractivity contribution in [2.45, 2.75) is 68.9 Å². The lowest BCUT2D eigenvalue weighted by Gasteiger charge is -2.23. The van der Waals surface area contributed by atoms with Crippen molar-refractivity contribution in [1.82, 2.24) is 5.32 Å². The van der Waals surface area contributed by atoms with Gasteiger partial charge in [0, 0.05) is 21.0 Å². The van der Waals surface area contributed by atoms with Gasteiger partial charge in [-0.1, -0.05) is 92.7 Å². The molecule has 0 spiro atoms. The minimum absolute atomic E-state index is 0.0862. The molecule has 0 aliphatic heterocycles. The van der Waals surface area contributed by atoms with Crippen LogP contribution in [0.1, 0.15) is 93.8 Å². The number of rotatable bonds is 13. The first kappa shape index (κ1) is 39.2. The number of fused-ring (bicyclic) bond motifs is 1. The molecule has 1 heterocycles. The van der Waals surface area contributed by atoms with Crippen LogP contribution in [0.4, 0.5) is 10.7 Å². The van der Waals surface area contributed by atoms with Crippen LogP contribution < -0.4 is 16.0 Å². The van der Waals surface area contributed by atoms with E-state index in [9.17, 15) is 19.2 Å². The van der Waals surface area contributed by atoms with Gasteiger partial charge < -0.3 is 20.7 Å². The van der Waals surface area contributed by atoms with Crippen LogP contribution in [0, 0.1) is 0 Å². The molecule has 2 atom stereocenters. The number of esters is 1. The Labute approximate surface area is 330 Å². The summed E-state index contributed by atoms with van der Waals surface area (Å²) in [7, 11) is 0. The minimum atomic E-state index is -0.536. The molecule has 3 amide bonds. The van der Waals surface area contributed by atoms with Gasteiger partial charge in [-0.15, -0.1) is 23.1 Å². The Morgan fingerprint density at radius 3 is 2.27 bits per heavy atom. The van der Waals surface area contributed by atoms with Crippen LogP contribution >= 0.6 is 23.1 Å². The Balaban J connectivity index is 1.16. The average molecular weight is 772 g/mol. The average Bonchev–Trinajstić information content (AvgIpc) is 3.55. The van der Waals surface area contributed by atoms with Gasteiger partial charge in [-0.3, -0.25) is 14.4 Å². The zero-order chi connectivity index (χ0) is 38.9. The van der Waals surface area contributed by atoms with Crippen molar-refractivity contribution in [2.75, 3.05) is 17.2 Å². The van der Waals surface area contributed by atoms with Crippen LogP contribution in [-0.2, 0) is 27.2 Å². The molecule has 4 aromatic carbocycles. The van der Waals surface area contributed by atoms with Gasteiger partial charge >= 0.3 is 5.97 Å². The summed E-state index contributed by atoms with van der Waals surface area (Å²) in [5, 5.41) is 8.75. The van der Waals surface area contributed by atoms with Crippen LogP contribution in [-0.4, -0.2) is 35.5 Å². The normalized spacial score (nSPS) is 14.4. The molecule has 8 nitrogen and oxygen atoms in total. The molecule has 3 N–H and O–H groups in total. The topological polar surface area (TPSA) is 114 Å². The predicted octanol–water partition coefficient (Wildman–Crippen LogP) is 9.85. The minimum Gasteiger partial charge on any atom is -0.462 e. The number of amides is 3. The Hall–Kier alpha value is -5.45. The first-order chi connectivity index (χ1) is 26.6. The summed E-state index contributed by atoms with van der Waals surface area (Å²) in [5.74, 6) is -0.866. The van der Waals surface area contributed by atoms with E-state index in [-0.39, 0.29) is 18.2 Å². The first-order valence-electron chi connectivity index (χ1n) is 18.5. The number of thiophene rings is 1. The number of hydrogen-bond acceptors (Lipinski definition) is 7. The van der Waals surface area contributed by atoms with Crippen LogP contribution in [0.25, 0.3) is 6.08 Å². The molecule has 0 bridgehead atoms. The maximum atomic E-state index is 13.7. The SMILES string of the molecule is CCOC(=O)c1c(NC(=O)C(C)Sc2cccc(NC(=O)/C(=C\c3ccc(C(C)C)cc3)NC(=O)c3ccccc3)c2)sc2c1CCC(c1ccccc1)C2. The number of anilines is 2. The summed E-state index contributed by atoms with van der Waals surface area (Å²) in [5.41, 5.74) is 5.65. The van der Waals surface area contributed by atoms with Gasteiger partial charge in [0.15, 0.2) is 0 Å². The maximum Gasteiger partial charge on any atom is 0.341 e. The summed E-state index contributed by atoms with van der Waals surface area (Å²) >= 11 is 2.79. The second kappa shape index (κ2) is 18.3. The summed E-state index contributed by atoms with van der Waals surface area (Å²) in [4.78, 5) is 55.6. The molecule has 0 radical (unpaired) electrons. The molecule has 6 rings (SSSR count). The third kappa shape index (κ3) is 10.0. The van der Waals surface area contributed by atoms with E-state index in [0.717, 1.165) is 40.2 Å². The molecule has 1 aliphatic carbocycles. The van der Waals surface area contributed by atoms with E-state index >= 15 is 0 Å². The Kier molecular flexibility index (Phi) is 13.0. The van der Waals surface area contributed by atoms with Gasteiger partial charge in [-0.05, 0) is 104 Å². The first-order valence-corrected chi connectivity index (χ1v) is 20.2. The maximum absolute atomic E-state index is 13.7. The van der Waals surface area contributed by atoms with E-state index in [0.29, 0.717) is 33.7 Å². The largest absolute Gasteiger partial charge is 0.462 e. The molecule has 1 aromatic heterocycles. The number of thioether (sulfide) groups is 1. The highest BCUT2D eigenvalue weighted by atomic mass is 32.2. The molecule has 0 fully saturated rings. The number of nitrogens with one attached hydrogen (secondary N) is 3. The van der Waals surface area contributed by atoms with Crippen LogP contribution in [0.3, 0.4) is 0 Å². The lowest BCUT2D eigenvalue weighted by Crippen LogP contribution is -2.30. The molecule has 282 valence electrons. The molecular weight excluding hydrogens is 727 g/mol. The number of carbonyl (C=O) groups is 4. The Morgan fingerprint density at radius 1 is 0.873 bits per heavy atom. The summed E-state index contributed by atoms with van der Waals surface area (Å²) in [6.07, 6.45) is 4.09. The van der Waals surface area contributed by atoms with Gasteiger partial charge in [0.2, 0.25) is 5.91 Å². The second-order valence-electron chi connectivity index (χ2n) is 13.7. The fourth-order valence-corrected chi connectivity index (χ4v) is 8.75. The quantitative estimate of drug-likeness (QED) is 0.0624. The van der Waals surface area contributed by atoms with E-state index in [2.05, 4.69) is 41.9 Å². The fourth-order valence-electron chi connectivity index (χ4n) is 6.51. The van der Waals surface area contributed by atoms with Crippen molar-refractivity contribution in [2.24, 2.45) is 0 Å². The van der Waals surface area contributed by atoms with Crippen molar-refractivity contribution in [3.05, 3.63) is 153 Å². The van der Waals surface area contributed by atoms with Crippen LogP contribution in [0.15, 0.2) is 120 Å². The third-order valence-corrected chi connectivity index (χ3v) is 11.7. The van der Waals surface area contributed by atoms with Crippen molar-refractivity contribution >= 4 is 63.6 Å².